The molecule has 0 bridgehead atoms. The Kier molecular flexibility index (Phi) is 6.48. The van der Waals surface area contributed by atoms with E-state index in [1.54, 1.807) is 24.3 Å². The normalized spacial score (nSPS) is 13.4. The summed E-state index contributed by atoms with van der Waals surface area (Å²) < 4.78 is 22.9. The first-order valence-electron chi connectivity index (χ1n) is 9.04. The lowest BCUT2D eigenvalue weighted by Gasteiger charge is -2.13. The van der Waals surface area contributed by atoms with E-state index >= 15 is 0 Å². The zero-order valence-corrected chi connectivity index (χ0v) is 16.1. The van der Waals surface area contributed by atoms with Crippen molar-refractivity contribution in [2.45, 2.75) is 0 Å². The van der Waals surface area contributed by atoms with E-state index in [-0.39, 0.29) is 18.7 Å². The highest BCUT2D eigenvalue weighted by molar-refractivity contribution is 6.22. The van der Waals surface area contributed by atoms with Crippen LogP contribution in [0.3, 0.4) is 0 Å². The highest BCUT2D eigenvalue weighted by Gasteiger charge is 2.34. The van der Waals surface area contributed by atoms with Crippen molar-refractivity contribution < 1.29 is 33.0 Å². The average Bonchev–Trinajstić information content (AvgIpc) is 3.00. The van der Waals surface area contributed by atoms with E-state index in [9.17, 15) is 23.6 Å². The summed E-state index contributed by atoms with van der Waals surface area (Å²) in [5, 5.41) is 0. The van der Waals surface area contributed by atoms with Crippen LogP contribution < -0.4 is 0 Å². The van der Waals surface area contributed by atoms with Gasteiger partial charge in [-0.3, -0.25) is 19.3 Å². The third-order valence-electron chi connectivity index (χ3n) is 4.46. The zero-order valence-electron chi connectivity index (χ0n) is 16.1. The number of fused-ring (bicyclic) bond motifs is 1. The molecule has 8 heteroatoms. The largest absolute Gasteiger partial charge is 0.465 e. The third kappa shape index (κ3) is 4.49. The van der Waals surface area contributed by atoms with Gasteiger partial charge in [0.05, 0.1) is 31.4 Å². The monoisotopic (exact) mass is 411 g/mol. The second kappa shape index (κ2) is 9.23. The van der Waals surface area contributed by atoms with Gasteiger partial charge in [-0.2, -0.15) is 0 Å². The van der Waals surface area contributed by atoms with Crippen LogP contribution in [0.4, 0.5) is 4.39 Å². The molecular formula is C22H18FNO6. The SMILES string of the molecule is COC(=O)/C(=C\c1ccc(F)cc1)C(=O)COCCN1C(=O)c2ccccc2C1=O. The summed E-state index contributed by atoms with van der Waals surface area (Å²) in [6.45, 7) is -0.567. The van der Waals surface area contributed by atoms with Gasteiger partial charge in [-0.05, 0) is 35.9 Å². The maximum atomic E-state index is 13.0. The first-order valence-corrected chi connectivity index (χ1v) is 9.04. The molecule has 154 valence electrons. The van der Waals surface area contributed by atoms with Crippen LogP contribution in [-0.4, -0.2) is 55.3 Å². The van der Waals surface area contributed by atoms with Gasteiger partial charge in [-0.15, -0.1) is 0 Å². The van der Waals surface area contributed by atoms with Gasteiger partial charge in [0, 0.05) is 0 Å². The van der Waals surface area contributed by atoms with Gasteiger partial charge < -0.3 is 9.47 Å². The molecule has 0 saturated carbocycles. The molecule has 0 fully saturated rings. The van der Waals surface area contributed by atoms with Gasteiger partial charge in [0.15, 0.2) is 5.78 Å². The van der Waals surface area contributed by atoms with Crippen molar-refractivity contribution in [1.29, 1.82) is 0 Å². The molecule has 2 amide bonds. The minimum absolute atomic E-state index is 0.0329. The van der Waals surface area contributed by atoms with Crippen LogP contribution in [-0.2, 0) is 19.1 Å². The molecular weight excluding hydrogens is 393 g/mol. The first kappa shape index (κ1) is 21.1. The number of benzene rings is 2. The van der Waals surface area contributed by atoms with Crippen molar-refractivity contribution in [2.75, 3.05) is 26.9 Å². The molecule has 0 saturated heterocycles. The number of hydrogen-bond acceptors (Lipinski definition) is 6. The number of imide groups is 1. The molecule has 0 radical (unpaired) electrons. The molecule has 3 rings (SSSR count). The lowest BCUT2D eigenvalue weighted by atomic mass is 10.1. The Hall–Kier alpha value is -3.65. The number of carbonyl (C=O) groups is 4. The lowest BCUT2D eigenvalue weighted by Crippen LogP contribution is -2.33. The van der Waals surface area contributed by atoms with Crippen LogP contribution >= 0.6 is 0 Å². The smallest absolute Gasteiger partial charge is 0.341 e. The molecule has 30 heavy (non-hydrogen) atoms. The highest BCUT2D eigenvalue weighted by atomic mass is 19.1. The second-order valence-corrected chi connectivity index (χ2v) is 6.38. The Morgan fingerprint density at radius 2 is 1.60 bits per heavy atom. The van der Waals surface area contributed by atoms with Crippen LogP contribution in [0.15, 0.2) is 54.1 Å². The van der Waals surface area contributed by atoms with Crippen molar-refractivity contribution in [3.63, 3.8) is 0 Å². The number of hydrogen-bond donors (Lipinski definition) is 0. The van der Waals surface area contributed by atoms with E-state index in [0.717, 1.165) is 12.0 Å². The predicted octanol–water partition coefficient (Wildman–Crippen LogP) is 2.26. The summed E-state index contributed by atoms with van der Waals surface area (Å²) in [6, 6.07) is 11.7. The van der Waals surface area contributed by atoms with Crippen molar-refractivity contribution >= 4 is 29.6 Å². The van der Waals surface area contributed by atoms with E-state index in [1.807, 2.05) is 0 Å². The predicted molar refractivity (Wildman–Crippen MR) is 104 cm³/mol. The summed E-state index contributed by atoms with van der Waals surface area (Å²) >= 11 is 0. The van der Waals surface area contributed by atoms with Crippen LogP contribution in [0.5, 0.6) is 0 Å². The van der Waals surface area contributed by atoms with Gasteiger partial charge in [0.1, 0.15) is 18.0 Å². The van der Waals surface area contributed by atoms with Crippen molar-refractivity contribution in [2.24, 2.45) is 0 Å². The number of amides is 2. The lowest BCUT2D eigenvalue weighted by molar-refractivity contribution is -0.138. The summed E-state index contributed by atoms with van der Waals surface area (Å²) in [4.78, 5) is 50.0. The summed E-state index contributed by atoms with van der Waals surface area (Å²) in [5.41, 5.74) is 0.837. The van der Waals surface area contributed by atoms with E-state index in [1.165, 1.54) is 30.3 Å². The number of halogens is 1. The molecule has 1 aliphatic rings. The van der Waals surface area contributed by atoms with Gasteiger partial charge in [0.2, 0.25) is 0 Å². The summed E-state index contributed by atoms with van der Waals surface area (Å²) in [5.74, 6) is -2.79. The van der Waals surface area contributed by atoms with Crippen molar-refractivity contribution in [3.05, 3.63) is 76.6 Å². The quantitative estimate of drug-likeness (QED) is 0.165. The van der Waals surface area contributed by atoms with Crippen LogP contribution in [0.2, 0.25) is 0 Å². The molecule has 1 heterocycles. The van der Waals surface area contributed by atoms with Gasteiger partial charge in [-0.25, -0.2) is 9.18 Å². The van der Waals surface area contributed by atoms with Crippen LogP contribution in [0, 0.1) is 5.82 Å². The second-order valence-electron chi connectivity index (χ2n) is 6.38. The minimum Gasteiger partial charge on any atom is -0.465 e. The van der Waals surface area contributed by atoms with Gasteiger partial charge in [0.25, 0.3) is 11.8 Å². The molecule has 0 unspecified atom stereocenters. The number of rotatable bonds is 8. The maximum absolute atomic E-state index is 13.0. The van der Waals surface area contributed by atoms with E-state index in [0.29, 0.717) is 16.7 Å². The topological polar surface area (TPSA) is 90.0 Å². The zero-order chi connectivity index (χ0) is 21.7. The standard InChI is InChI=1S/C22H18FNO6/c1-29-22(28)18(12-14-6-8-15(23)9-7-14)19(25)13-30-11-10-24-20(26)16-4-2-3-5-17(16)21(24)27/h2-9,12H,10-11,13H2,1H3/b18-12-. The third-order valence-corrected chi connectivity index (χ3v) is 4.46. The molecule has 7 nitrogen and oxygen atoms in total. The van der Waals surface area contributed by atoms with Crippen molar-refractivity contribution in [3.8, 4) is 0 Å². The Morgan fingerprint density at radius 3 is 2.17 bits per heavy atom. The van der Waals surface area contributed by atoms with Gasteiger partial charge >= 0.3 is 5.97 Å². The van der Waals surface area contributed by atoms with Crippen LogP contribution in [0.1, 0.15) is 26.3 Å². The average molecular weight is 411 g/mol. The van der Waals surface area contributed by atoms with Crippen molar-refractivity contribution in [1.82, 2.24) is 4.90 Å². The molecule has 0 N–H and O–H groups in total. The summed E-state index contributed by atoms with van der Waals surface area (Å²) in [7, 11) is 1.14. The Bertz CT molecular complexity index is 993. The fraction of sp³-hybridized carbons (Fsp3) is 0.182. The van der Waals surface area contributed by atoms with E-state index in [4.69, 9.17) is 4.74 Å². The molecule has 1 aliphatic heterocycles. The number of carbonyl (C=O) groups excluding carboxylic acids is 4. The number of ketones is 1. The molecule has 0 spiro atoms. The molecule has 2 aromatic rings. The highest BCUT2D eigenvalue weighted by Crippen LogP contribution is 2.22. The maximum Gasteiger partial charge on any atom is 0.341 e. The first-order chi connectivity index (χ1) is 14.4. The molecule has 2 aromatic carbocycles. The Labute approximate surface area is 171 Å². The fourth-order valence-corrected chi connectivity index (χ4v) is 2.93. The molecule has 0 aliphatic carbocycles. The number of nitrogens with zero attached hydrogens (tertiary/aromatic N) is 1. The Morgan fingerprint density at radius 1 is 1.00 bits per heavy atom. The number of Topliss-reactive ketones (excluding diaryl/α,β-unsaturated/α-hetero) is 1. The van der Waals surface area contributed by atoms with Gasteiger partial charge in [-0.1, -0.05) is 24.3 Å². The Balaban J connectivity index is 1.59. The number of esters is 1. The van der Waals surface area contributed by atoms with E-state index < -0.39 is 36.0 Å². The fourth-order valence-electron chi connectivity index (χ4n) is 2.93. The number of ether oxygens (including phenoxy) is 2. The van der Waals surface area contributed by atoms with E-state index in [2.05, 4.69) is 4.74 Å². The molecule has 0 atom stereocenters. The minimum atomic E-state index is -0.853. The number of methoxy groups -OCH3 is 1. The summed E-state index contributed by atoms with van der Waals surface area (Å²) in [6.07, 6.45) is 1.28. The van der Waals surface area contributed by atoms with Crippen LogP contribution in [0.25, 0.3) is 6.08 Å². The molecule has 0 aromatic heterocycles.